The summed E-state index contributed by atoms with van der Waals surface area (Å²) >= 11 is 0. The molecular formula is C21H24N8O2. The van der Waals surface area contributed by atoms with Crippen molar-refractivity contribution in [1.82, 2.24) is 14.9 Å². The van der Waals surface area contributed by atoms with Gasteiger partial charge >= 0.3 is 6.02 Å². The monoisotopic (exact) mass is 420 g/mol. The van der Waals surface area contributed by atoms with Crippen molar-refractivity contribution in [1.29, 1.82) is 10.8 Å². The van der Waals surface area contributed by atoms with E-state index in [-0.39, 0.29) is 17.4 Å². The Bertz CT molecular complexity index is 1060. The number of benzene rings is 1. The second kappa shape index (κ2) is 10.5. The topological polar surface area (TPSA) is 154 Å². The molecule has 1 amide bonds. The molecule has 0 unspecified atom stereocenters. The molecule has 0 aliphatic heterocycles. The number of amidine groups is 1. The normalized spacial score (nSPS) is 11.7. The second-order valence-corrected chi connectivity index (χ2v) is 6.43. The van der Waals surface area contributed by atoms with Gasteiger partial charge < -0.3 is 15.4 Å². The number of aromatic nitrogens is 2. The number of aliphatic imine (C=N–C) groups is 2. The number of carbonyl (C=O) groups excluding carboxylic acids is 1. The summed E-state index contributed by atoms with van der Waals surface area (Å²) in [6, 6.07) is 6.30. The minimum atomic E-state index is -0.517. The lowest BCUT2D eigenvalue weighted by molar-refractivity contribution is 0.0827. The standard InChI is InChI=1S/C21H24N8O2/c1-5-6-15(11-25-2)27-21(24)31-19(23)17-18(22)26-12-16(28-17)13-7-9-14(10-8-13)20(30)29(3)4/h5-12,23-24H,1-4H3,(H2,22,26)/b6-5-,23-19?,24-21?,25-11?,27-15?. The van der Waals surface area contributed by atoms with Gasteiger partial charge in [-0.2, -0.15) is 4.99 Å². The van der Waals surface area contributed by atoms with Crippen LogP contribution in [0.25, 0.3) is 11.3 Å². The molecule has 1 heterocycles. The van der Waals surface area contributed by atoms with Crippen LogP contribution in [0, 0.1) is 10.8 Å². The molecule has 2 rings (SSSR count). The number of nitrogen functional groups attached to an aromatic ring is 1. The lowest BCUT2D eigenvalue weighted by Crippen LogP contribution is -2.21. The van der Waals surface area contributed by atoms with E-state index < -0.39 is 11.9 Å². The van der Waals surface area contributed by atoms with Gasteiger partial charge in [0, 0.05) is 38.5 Å². The molecule has 0 saturated heterocycles. The van der Waals surface area contributed by atoms with E-state index in [0.29, 0.717) is 22.5 Å². The summed E-state index contributed by atoms with van der Waals surface area (Å²) in [5, 5.41) is 16.0. The largest absolute Gasteiger partial charge is 0.404 e. The molecule has 0 aliphatic rings. The Morgan fingerprint density at radius 1 is 1.23 bits per heavy atom. The number of nitrogens with two attached hydrogens (primary N) is 1. The number of anilines is 1. The summed E-state index contributed by atoms with van der Waals surface area (Å²) in [5.41, 5.74) is 7.87. The van der Waals surface area contributed by atoms with E-state index in [1.807, 2.05) is 0 Å². The van der Waals surface area contributed by atoms with E-state index >= 15 is 0 Å². The molecule has 4 N–H and O–H groups in total. The number of allylic oxidation sites excluding steroid dienone is 2. The van der Waals surface area contributed by atoms with Crippen molar-refractivity contribution in [3.63, 3.8) is 0 Å². The number of carbonyl (C=O) groups is 1. The van der Waals surface area contributed by atoms with Gasteiger partial charge in [0.1, 0.15) is 0 Å². The average Bonchev–Trinajstić information content (AvgIpc) is 2.73. The maximum absolute atomic E-state index is 12.0. The van der Waals surface area contributed by atoms with E-state index in [0.717, 1.165) is 0 Å². The smallest absolute Gasteiger partial charge is 0.316 e. The summed E-state index contributed by atoms with van der Waals surface area (Å²) in [6.45, 7) is 1.80. The van der Waals surface area contributed by atoms with Crippen molar-refractivity contribution in [2.75, 3.05) is 26.9 Å². The van der Waals surface area contributed by atoms with Crippen LogP contribution in [0.1, 0.15) is 23.0 Å². The van der Waals surface area contributed by atoms with Gasteiger partial charge in [-0.05, 0) is 25.1 Å². The molecule has 0 aliphatic carbocycles. The molecule has 0 radical (unpaired) electrons. The Morgan fingerprint density at radius 3 is 2.48 bits per heavy atom. The first-order chi connectivity index (χ1) is 14.8. The zero-order valence-corrected chi connectivity index (χ0v) is 17.7. The summed E-state index contributed by atoms with van der Waals surface area (Å²) in [5.74, 6) is -0.600. The van der Waals surface area contributed by atoms with Crippen LogP contribution in [-0.4, -0.2) is 65.8 Å². The molecule has 1 aromatic heterocycles. The third-order valence-electron chi connectivity index (χ3n) is 3.88. The zero-order valence-electron chi connectivity index (χ0n) is 17.7. The first-order valence-corrected chi connectivity index (χ1v) is 9.20. The predicted octanol–water partition coefficient (Wildman–Crippen LogP) is 2.42. The Balaban J connectivity index is 2.26. The lowest BCUT2D eigenvalue weighted by Gasteiger charge is -2.11. The molecule has 0 saturated carbocycles. The van der Waals surface area contributed by atoms with Crippen LogP contribution in [0.15, 0.2) is 52.6 Å². The van der Waals surface area contributed by atoms with Gasteiger partial charge in [-0.15, -0.1) is 0 Å². The van der Waals surface area contributed by atoms with Crippen molar-refractivity contribution in [3.05, 3.63) is 53.9 Å². The fourth-order valence-corrected chi connectivity index (χ4v) is 2.44. The molecule has 160 valence electrons. The first kappa shape index (κ1) is 23.1. The van der Waals surface area contributed by atoms with Crippen molar-refractivity contribution < 1.29 is 9.53 Å². The van der Waals surface area contributed by atoms with Gasteiger partial charge in [0.15, 0.2) is 11.5 Å². The summed E-state index contributed by atoms with van der Waals surface area (Å²) in [7, 11) is 4.94. The summed E-state index contributed by atoms with van der Waals surface area (Å²) in [6.07, 6.45) is 6.30. The third-order valence-corrected chi connectivity index (χ3v) is 3.88. The van der Waals surface area contributed by atoms with Crippen LogP contribution < -0.4 is 5.73 Å². The summed E-state index contributed by atoms with van der Waals surface area (Å²) in [4.78, 5) is 29.7. The van der Waals surface area contributed by atoms with Gasteiger partial charge in [-0.25, -0.2) is 15.4 Å². The van der Waals surface area contributed by atoms with Crippen LogP contribution in [-0.2, 0) is 4.74 Å². The molecule has 31 heavy (non-hydrogen) atoms. The molecule has 10 heteroatoms. The molecule has 1 aromatic carbocycles. The van der Waals surface area contributed by atoms with E-state index in [9.17, 15) is 4.79 Å². The third kappa shape index (κ3) is 6.13. The van der Waals surface area contributed by atoms with Crippen molar-refractivity contribution >= 4 is 35.6 Å². The van der Waals surface area contributed by atoms with E-state index in [2.05, 4.69) is 20.0 Å². The van der Waals surface area contributed by atoms with Crippen LogP contribution in [0.4, 0.5) is 5.82 Å². The zero-order chi connectivity index (χ0) is 23.0. The number of nitrogens with zero attached hydrogens (tertiary/aromatic N) is 5. The fraction of sp³-hybridized carbons (Fsp3) is 0.190. The highest BCUT2D eigenvalue weighted by Gasteiger charge is 2.16. The van der Waals surface area contributed by atoms with Crippen molar-refractivity contribution in [2.24, 2.45) is 9.98 Å². The van der Waals surface area contributed by atoms with Gasteiger partial charge in [-0.1, -0.05) is 18.2 Å². The Kier molecular flexibility index (Phi) is 7.84. The van der Waals surface area contributed by atoms with Gasteiger partial charge in [0.25, 0.3) is 5.91 Å². The molecular weight excluding hydrogens is 396 g/mol. The van der Waals surface area contributed by atoms with Crippen LogP contribution in [0.3, 0.4) is 0 Å². The van der Waals surface area contributed by atoms with Crippen molar-refractivity contribution in [2.45, 2.75) is 6.92 Å². The number of nitrogens with one attached hydrogen (secondary N) is 2. The maximum atomic E-state index is 12.0. The van der Waals surface area contributed by atoms with Crippen LogP contribution >= 0.6 is 0 Å². The minimum absolute atomic E-state index is 0.0197. The second-order valence-electron chi connectivity index (χ2n) is 6.43. The number of rotatable bonds is 5. The lowest BCUT2D eigenvalue weighted by atomic mass is 10.1. The number of amides is 1. The highest BCUT2D eigenvalue weighted by molar-refractivity contribution is 6.37. The molecule has 0 atom stereocenters. The van der Waals surface area contributed by atoms with Gasteiger partial charge in [-0.3, -0.25) is 15.2 Å². The number of hydrogen-bond acceptors (Lipinski definition) is 8. The predicted molar refractivity (Wildman–Crippen MR) is 122 cm³/mol. The minimum Gasteiger partial charge on any atom is -0.404 e. The van der Waals surface area contributed by atoms with Crippen LogP contribution in [0.5, 0.6) is 0 Å². The Hall–Kier alpha value is -4.21. The average molecular weight is 420 g/mol. The number of hydrogen-bond donors (Lipinski definition) is 3. The quantitative estimate of drug-likeness (QED) is 0.501. The van der Waals surface area contributed by atoms with Crippen LogP contribution in [0.2, 0.25) is 0 Å². The van der Waals surface area contributed by atoms with Gasteiger partial charge in [0.05, 0.1) is 17.6 Å². The maximum Gasteiger partial charge on any atom is 0.316 e. The van der Waals surface area contributed by atoms with E-state index in [4.69, 9.17) is 21.3 Å². The highest BCUT2D eigenvalue weighted by Crippen LogP contribution is 2.20. The SMILES string of the molecule is C/C=C\C(C=NC)=NC(=N)OC(=N)c1nc(-c2ccc(C(=O)N(C)C)cc2)cnc1N. The van der Waals surface area contributed by atoms with Crippen molar-refractivity contribution in [3.8, 4) is 11.3 Å². The first-order valence-electron chi connectivity index (χ1n) is 9.20. The Morgan fingerprint density at radius 2 is 1.90 bits per heavy atom. The molecule has 0 bridgehead atoms. The Labute approximate surface area is 180 Å². The molecule has 10 nitrogen and oxygen atoms in total. The van der Waals surface area contributed by atoms with E-state index in [1.54, 1.807) is 64.5 Å². The van der Waals surface area contributed by atoms with E-state index in [1.165, 1.54) is 17.3 Å². The molecule has 0 fully saturated rings. The highest BCUT2D eigenvalue weighted by atomic mass is 16.5. The van der Waals surface area contributed by atoms with Gasteiger partial charge in [0.2, 0.25) is 5.90 Å². The fourth-order valence-electron chi connectivity index (χ4n) is 2.44. The summed E-state index contributed by atoms with van der Waals surface area (Å²) < 4.78 is 5.16. The molecule has 0 spiro atoms. The molecule has 2 aromatic rings. The number of ether oxygens (including phenoxy) is 1.